The van der Waals surface area contributed by atoms with Crippen LogP contribution in [0, 0.1) is 6.92 Å². The standard InChI is InChI=1S/C14H11N3O2S/c1-8-2-3-9(7-16-8)19-12-6-11(14(15)18)17-10-4-5-20-13(10)12/h2-7H,1H3,(H2,15,18). The molecule has 0 radical (unpaired) electrons. The molecular weight excluding hydrogens is 274 g/mol. The summed E-state index contributed by atoms with van der Waals surface area (Å²) in [7, 11) is 0. The number of rotatable bonds is 3. The average Bonchev–Trinajstić information content (AvgIpc) is 2.89. The summed E-state index contributed by atoms with van der Waals surface area (Å²) >= 11 is 1.50. The number of amides is 1. The minimum absolute atomic E-state index is 0.186. The number of nitrogens with zero attached hydrogens (tertiary/aromatic N) is 2. The van der Waals surface area contributed by atoms with E-state index in [9.17, 15) is 4.79 Å². The van der Waals surface area contributed by atoms with E-state index in [1.165, 1.54) is 11.3 Å². The monoisotopic (exact) mass is 285 g/mol. The quantitative estimate of drug-likeness (QED) is 0.802. The molecule has 0 atom stereocenters. The molecule has 0 aliphatic rings. The minimum atomic E-state index is -0.579. The van der Waals surface area contributed by atoms with E-state index in [-0.39, 0.29) is 5.69 Å². The second kappa shape index (κ2) is 4.90. The predicted octanol–water partition coefficient (Wildman–Crippen LogP) is 2.89. The first kappa shape index (κ1) is 12.6. The second-order valence-corrected chi connectivity index (χ2v) is 5.16. The normalized spacial score (nSPS) is 10.7. The molecule has 3 aromatic rings. The second-order valence-electron chi connectivity index (χ2n) is 4.24. The molecule has 0 spiro atoms. The van der Waals surface area contributed by atoms with Crippen LogP contribution in [-0.4, -0.2) is 15.9 Å². The first-order valence-electron chi connectivity index (χ1n) is 5.92. The molecule has 0 fully saturated rings. The van der Waals surface area contributed by atoms with Gasteiger partial charge in [-0.15, -0.1) is 11.3 Å². The third kappa shape index (κ3) is 2.33. The maximum atomic E-state index is 11.3. The number of thiophene rings is 1. The number of nitrogens with two attached hydrogens (primary N) is 1. The zero-order valence-corrected chi connectivity index (χ0v) is 11.5. The molecule has 0 aromatic carbocycles. The van der Waals surface area contributed by atoms with Gasteiger partial charge in [-0.1, -0.05) is 0 Å². The number of primary amides is 1. The van der Waals surface area contributed by atoms with Gasteiger partial charge in [0.2, 0.25) is 0 Å². The molecule has 100 valence electrons. The molecule has 2 N–H and O–H groups in total. The van der Waals surface area contributed by atoms with E-state index in [0.717, 1.165) is 10.4 Å². The summed E-state index contributed by atoms with van der Waals surface area (Å²) in [5.41, 5.74) is 7.08. The Kier molecular flexibility index (Phi) is 3.08. The Morgan fingerprint density at radius 3 is 2.90 bits per heavy atom. The van der Waals surface area contributed by atoms with Crippen molar-refractivity contribution in [3.63, 3.8) is 0 Å². The summed E-state index contributed by atoms with van der Waals surface area (Å²) in [5, 5.41) is 1.89. The van der Waals surface area contributed by atoms with Gasteiger partial charge in [-0.25, -0.2) is 4.98 Å². The molecule has 0 bridgehead atoms. The Hall–Kier alpha value is -2.47. The maximum absolute atomic E-state index is 11.3. The van der Waals surface area contributed by atoms with Crippen LogP contribution in [0.15, 0.2) is 35.8 Å². The Balaban J connectivity index is 2.07. The third-order valence-electron chi connectivity index (χ3n) is 2.74. The smallest absolute Gasteiger partial charge is 0.267 e. The molecule has 20 heavy (non-hydrogen) atoms. The van der Waals surface area contributed by atoms with Gasteiger partial charge in [0.25, 0.3) is 5.91 Å². The summed E-state index contributed by atoms with van der Waals surface area (Å²) in [6.45, 7) is 1.90. The van der Waals surface area contributed by atoms with Crippen molar-refractivity contribution in [2.75, 3.05) is 0 Å². The lowest BCUT2D eigenvalue weighted by atomic mass is 10.3. The lowest BCUT2D eigenvalue weighted by molar-refractivity contribution is 0.0995. The van der Waals surface area contributed by atoms with Crippen LogP contribution in [0.25, 0.3) is 10.2 Å². The summed E-state index contributed by atoms with van der Waals surface area (Å²) in [6.07, 6.45) is 1.64. The van der Waals surface area contributed by atoms with E-state index in [4.69, 9.17) is 10.5 Å². The highest BCUT2D eigenvalue weighted by atomic mass is 32.1. The highest BCUT2D eigenvalue weighted by Gasteiger charge is 2.12. The Morgan fingerprint density at radius 2 is 2.20 bits per heavy atom. The van der Waals surface area contributed by atoms with Crippen LogP contribution in [0.1, 0.15) is 16.2 Å². The number of aryl methyl sites for hydroxylation is 1. The first-order valence-corrected chi connectivity index (χ1v) is 6.80. The van der Waals surface area contributed by atoms with Gasteiger partial charge >= 0.3 is 0 Å². The van der Waals surface area contributed by atoms with Crippen LogP contribution in [-0.2, 0) is 0 Å². The molecular formula is C14H11N3O2S. The Bertz CT molecular complexity index is 781. The van der Waals surface area contributed by atoms with Crippen LogP contribution >= 0.6 is 11.3 Å². The van der Waals surface area contributed by atoms with Crippen molar-refractivity contribution in [1.29, 1.82) is 0 Å². The third-order valence-corrected chi connectivity index (χ3v) is 3.66. The Labute approximate surface area is 119 Å². The number of pyridine rings is 2. The van der Waals surface area contributed by atoms with Gasteiger partial charge in [0.15, 0.2) is 0 Å². The number of aromatic nitrogens is 2. The fourth-order valence-electron chi connectivity index (χ4n) is 1.77. The van der Waals surface area contributed by atoms with E-state index in [1.807, 2.05) is 30.5 Å². The molecule has 1 amide bonds. The molecule has 6 heteroatoms. The molecule has 0 aliphatic carbocycles. The molecule has 3 rings (SSSR count). The zero-order chi connectivity index (χ0) is 14.1. The van der Waals surface area contributed by atoms with Gasteiger partial charge in [0, 0.05) is 11.8 Å². The highest BCUT2D eigenvalue weighted by Crippen LogP contribution is 2.33. The molecule has 3 aromatic heterocycles. The lowest BCUT2D eigenvalue weighted by Crippen LogP contribution is -2.12. The van der Waals surface area contributed by atoms with Crippen molar-refractivity contribution in [2.24, 2.45) is 5.73 Å². The highest BCUT2D eigenvalue weighted by molar-refractivity contribution is 7.17. The van der Waals surface area contributed by atoms with Crippen LogP contribution in [0.5, 0.6) is 11.5 Å². The zero-order valence-electron chi connectivity index (χ0n) is 10.7. The summed E-state index contributed by atoms with van der Waals surface area (Å²) in [6, 6.07) is 7.07. The van der Waals surface area contributed by atoms with Crippen LogP contribution in [0.3, 0.4) is 0 Å². The SMILES string of the molecule is Cc1ccc(Oc2cc(C(N)=O)nc3ccsc23)cn1. The van der Waals surface area contributed by atoms with Crippen LogP contribution in [0.2, 0.25) is 0 Å². The number of carbonyl (C=O) groups is 1. The fraction of sp³-hybridized carbons (Fsp3) is 0.0714. The summed E-state index contributed by atoms with van der Waals surface area (Å²) in [4.78, 5) is 19.7. The largest absolute Gasteiger partial charge is 0.454 e. The van der Waals surface area contributed by atoms with E-state index < -0.39 is 5.91 Å². The number of ether oxygens (including phenoxy) is 1. The van der Waals surface area contributed by atoms with Crippen molar-refractivity contribution in [3.8, 4) is 11.5 Å². The number of hydrogen-bond donors (Lipinski definition) is 1. The molecule has 5 nitrogen and oxygen atoms in total. The van der Waals surface area contributed by atoms with E-state index >= 15 is 0 Å². The molecule has 0 saturated carbocycles. The van der Waals surface area contributed by atoms with Crippen molar-refractivity contribution in [3.05, 3.63) is 47.2 Å². The molecule has 0 unspecified atom stereocenters. The number of carbonyl (C=O) groups excluding carboxylic acids is 1. The average molecular weight is 285 g/mol. The van der Waals surface area contributed by atoms with Crippen molar-refractivity contribution < 1.29 is 9.53 Å². The Morgan fingerprint density at radius 1 is 1.35 bits per heavy atom. The number of fused-ring (bicyclic) bond motifs is 1. The van der Waals surface area contributed by atoms with Crippen LogP contribution in [0.4, 0.5) is 0 Å². The van der Waals surface area contributed by atoms with Gasteiger partial charge in [0.05, 0.1) is 16.4 Å². The van der Waals surface area contributed by atoms with E-state index in [2.05, 4.69) is 9.97 Å². The van der Waals surface area contributed by atoms with Gasteiger partial charge in [-0.05, 0) is 30.5 Å². The van der Waals surface area contributed by atoms with E-state index in [0.29, 0.717) is 17.0 Å². The summed E-state index contributed by atoms with van der Waals surface area (Å²) in [5.74, 6) is 0.585. The number of hydrogen-bond acceptors (Lipinski definition) is 5. The summed E-state index contributed by atoms with van der Waals surface area (Å²) < 4.78 is 6.67. The topological polar surface area (TPSA) is 78.1 Å². The molecule has 3 heterocycles. The maximum Gasteiger partial charge on any atom is 0.267 e. The lowest BCUT2D eigenvalue weighted by Gasteiger charge is -2.07. The van der Waals surface area contributed by atoms with Gasteiger partial charge in [-0.3, -0.25) is 9.78 Å². The van der Waals surface area contributed by atoms with Gasteiger partial charge in [0.1, 0.15) is 17.2 Å². The van der Waals surface area contributed by atoms with Crippen molar-refractivity contribution >= 4 is 27.5 Å². The predicted molar refractivity (Wildman–Crippen MR) is 77.2 cm³/mol. The van der Waals surface area contributed by atoms with Crippen molar-refractivity contribution in [1.82, 2.24) is 9.97 Å². The molecule has 0 aliphatic heterocycles. The van der Waals surface area contributed by atoms with Crippen molar-refractivity contribution in [2.45, 2.75) is 6.92 Å². The first-order chi connectivity index (χ1) is 9.63. The minimum Gasteiger partial charge on any atom is -0.454 e. The molecule has 0 saturated heterocycles. The van der Waals surface area contributed by atoms with Crippen LogP contribution < -0.4 is 10.5 Å². The van der Waals surface area contributed by atoms with E-state index in [1.54, 1.807) is 12.3 Å². The fourth-order valence-corrected chi connectivity index (χ4v) is 2.55. The van der Waals surface area contributed by atoms with Gasteiger partial charge < -0.3 is 10.5 Å². The van der Waals surface area contributed by atoms with Gasteiger partial charge in [-0.2, -0.15) is 0 Å².